The molecule has 0 spiro atoms. The van der Waals surface area contributed by atoms with Crippen molar-refractivity contribution in [2.24, 2.45) is 0 Å². The van der Waals surface area contributed by atoms with E-state index in [0.29, 0.717) is 27.6 Å². The summed E-state index contributed by atoms with van der Waals surface area (Å²) in [5.41, 5.74) is 3.13. The van der Waals surface area contributed by atoms with Crippen LogP contribution in [0.2, 0.25) is 5.02 Å². The number of carbonyl (C=O) groups excluding carboxylic acids is 1. The van der Waals surface area contributed by atoms with Crippen LogP contribution in [-0.2, 0) is 13.1 Å². The number of aryl methyl sites for hydroxylation is 1. The van der Waals surface area contributed by atoms with Crippen molar-refractivity contribution in [3.8, 4) is 0 Å². The van der Waals surface area contributed by atoms with Crippen LogP contribution in [-0.4, -0.2) is 25.7 Å². The van der Waals surface area contributed by atoms with Gasteiger partial charge in [-0.2, -0.15) is 0 Å². The molecule has 0 amide bonds. The topological polar surface area (TPSA) is 56.9 Å². The van der Waals surface area contributed by atoms with E-state index in [9.17, 15) is 9.59 Å². The molecule has 0 saturated heterocycles. The van der Waals surface area contributed by atoms with Gasteiger partial charge in [-0.15, -0.1) is 6.58 Å². The van der Waals surface area contributed by atoms with E-state index in [1.807, 2.05) is 19.9 Å². The molecule has 7 heteroatoms. The van der Waals surface area contributed by atoms with Crippen LogP contribution >= 0.6 is 23.4 Å². The summed E-state index contributed by atoms with van der Waals surface area (Å²) in [4.78, 5) is 30.2. The van der Waals surface area contributed by atoms with Crippen molar-refractivity contribution in [3.05, 3.63) is 69.2 Å². The summed E-state index contributed by atoms with van der Waals surface area (Å²) in [6.07, 6.45) is 1.64. The molecule has 0 atom stereocenters. The summed E-state index contributed by atoms with van der Waals surface area (Å²) in [5.74, 6) is 0.227. The highest BCUT2D eigenvalue weighted by atomic mass is 35.5. The first-order valence-electron chi connectivity index (χ1n) is 9.01. The van der Waals surface area contributed by atoms with Crippen LogP contribution < -0.4 is 5.56 Å². The normalized spacial score (nSPS) is 11.1. The number of ketones is 1. The quantitative estimate of drug-likeness (QED) is 0.244. The molecule has 0 radical (unpaired) electrons. The smallest absolute Gasteiger partial charge is 0.262 e. The van der Waals surface area contributed by atoms with Crippen LogP contribution in [0.4, 0.5) is 0 Å². The predicted octanol–water partition coefficient (Wildman–Crippen LogP) is 4.65. The van der Waals surface area contributed by atoms with Crippen molar-refractivity contribution >= 4 is 40.0 Å². The lowest BCUT2D eigenvalue weighted by atomic mass is 10.2. The molecular formula is C21H22ClN3O2S. The fraction of sp³-hybridized carbons (Fsp3) is 0.286. The van der Waals surface area contributed by atoms with Gasteiger partial charge < -0.3 is 4.57 Å². The fourth-order valence-electron chi connectivity index (χ4n) is 3.35. The maximum Gasteiger partial charge on any atom is 0.262 e. The van der Waals surface area contributed by atoms with Crippen LogP contribution in [0.1, 0.15) is 28.7 Å². The minimum atomic E-state index is -0.188. The van der Waals surface area contributed by atoms with Gasteiger partial charge in [-0.05, 0) is 45.0 Å². The van der Waals surface area contributed by atoms with E-state index in [4.69, 9.17) is 11.6 Å². The molecule has 0 aliphatic rings. The molecule has 2 heterocycles. The lowest BCUT2D eigenvalue weighted by Crippen LogP contribution is -2.23. The van der Waals surface area contributed by atoms with Gasteiger partial charge in [0, 0.05) is 35.1 Å². The van der Waals surface area contributed by atoms with Crippen LogP contribution in [0.15, 0.2) is 46.9 Å². The number of fused-ring (bicyclic) bond motifs is 1. The Hall–Kier alpha value is -2.31. The maximum atomic E-state index is 12.9. The minimum absolute atomic E-state index is 0.0217. The molecule has 0 aliphatic heterocycles. The monoisotopic (exact) mass is 415 g/mol. The van der Waals surface area contributed by atoms with E-state index < -0.39 is 0 Å². The van der Waals surface area contributed by atoms with Gasteiger partial charge in [-0.1, -0.05) is 29.4 Å². The summed E-state index contributed by atoms with van der Waals surface area (Å²) in [7, 11) is 0. The summed E-state index contributed by atoms with van der Waals surface area (Å²) in [6, 6.07) is 6.96. The molecule has 3 aromatic rings. The van der Waals surface area contributed by atoms with Crippen LogP contribution in [0.5, 0.6) is 0 Å². The molecule has 0 saturated carbocycles. The fourth-order valence-corrected chi connectivity index (χ4v) is 4.41. The second-order valence-electron chi connectivity index (χ2n) is 6.50. The molecule has 0 N–H and O–H groups in total. The number of hydrogen-bond acceptors (Lipinski definition) is 4. The zero-order chi connectivity index (χ0) is 20.4. The first-order valence-corrected chi connectivity index (χ1v) is 10.4. The van der Waals surface area contributed by atoms with Crippen molar-refractivity contribution in [2.45, 2.75) is 39.0 Å². The third kappa shape index (κ3) is 3.80. The van der Waals surface area contributed by atoms with Gasteiger partial charge in [0.1, 0.15) is 0 Å². The van der Waals surface area contributed by atoms with Crippen molar-refractivity contribution in [1.29, 1.82) is 0 Å². The van der Waals surface area contributed by atoms with E-state index in [1.165, 1.54) is 16.3 Å². The molecule has 0 unspecified atom stereocenters. The molecular weight excluding hydrogens is 394 g/mol. The van der Waals surface area contributed by atoms with Gasteiger partial charge in [0.2, 0.25) is 0 Å². The van der Waals surface area contributed by atoms with Crippen molar-refractivity contribution in [1.82, 2.24) is 14.1 Å². The highest BCUT2D eigenvalue weighted by molar-refractivity contribution is 7.99. The Labute approximate surface area is 173 Å². The molecule has 5 nitrogen and oxygen atoms in total. The highest BCUT2D eigenvalue weighted by Gasteiger charge is 2.17. The van der Waals surface area contributed by atoms with Gasteiger partial charge in [-0.25, -0.2) is 4.98 Å². The van der Waals surface area contributed by atoms with Crippen LogP contribution in [0.25, 0.3) is 10.9 Å². The molecule has 0 bridgehead atoms. The Morgan fingerprint density at radius 2 is 2.04 bits per heavy atom. The first-order chi connectivity index (χ1) is 13.4. The Kier molecular flexibility index (Phi) is 6.10. The summed E-state index contributed by atoms with van der Waals surface area (Å²) < 4.78 is 3.64. The van der Waals surface area contributed by atoms with E-state index >= 15 is 0 Å². The standard InChI is InChI=1S/C21H22ClN3O2S/c1-5-9-25-20(27)17-11-15(22)7-8-18(17)23-21(25)28-12-19(26)16-10-13(3)24(6-2)14(16)4/h5,7-8,10-11H,1,6,9,12H2,2-4H3. The molecule has 28 heavy (non-hydrogen) atoms. The molecule has 0 fully saturated rings. The van der Waals surface area contributed by atoms with E-state index in [1.54, 1.807) is 24.3 Å². The summed E-state index contributed by atoms with van der Waals surface area (Å²) in [5, 5.41) is 1.44. The van der Waals surface area contributed by atoms with Gasteiger partial charge in [-0.3, -0.25) is 14.2 Å². The number of Topliss-reactive ketones (excluding diaryl/α,β-unsaturated/α-hetero) is 1. The number of nitrogens with zero attached hydrogens (tertiary/aromatic N) is 3. The van der Waals surface area contributed by atoms with Gasteiger partial charge >= 0.3 is 0 Å². The minimum Gasteiger partial charge on any atom is -0.349 e. The predicted molar refractivity (Wildman–Crippen MR) is 116 cm³/mol. The molecule has 3 rings (SSSR count). The van der Waals surface area contributed by atoms with E-state index in [0.717, 1.165) is 23.5 Å². The number of hydrogen-bond donors (Lipinski definition) is 0. The summed E-state index contributed by atoms with van der Waals surface area (Å²) >= 11 is 7.29. The molecule has 1 aromatic carbocycles. The van der Waals surface area contributed by atoms with Gasteiger partial charge in [0.05, 0.1) is 16.7 Å². The second-order valence-corrected chi connectivity index (χ2v) is 7.88. The first kappa shape index (κ1) is 20.4. The van der Waals surface area contributed by atoms with Gasteiger partial charge in [0.25, 0.3) is 5.56 Å². The Balaban J connectivity index is 1.94. The molecule has 2 aromatic heterocycles. The third-order valence-electron chi connectivity index (χ3n) is 4.72. The van der Waals surface area contributed by atoms with E-state index in [-0.39, 0.29) is 17.1 Å². The Morgan fingerprint density at radius 1 is 1.29 bits per heavy atom. The zero-order valence-corrected chi connectivity index (χ0v) is 17.7. The largest absolute Gasteiger partial charge is 0.349 e. The Bertz CT molecular complexity index is 1130. The number of benzene rings is 1. The number of halogens is 1. The highest BCUT2D eigenvalue weighted by Crippen LogP contribution is 2.23. The summed E-state index contributed by atoms with van der Waals surface area (Å²) in [6.45, 7) is 10.9. The third-order valence-corrected chi connectivity index (χ3v) is 5.93. The van der Waals surface area contributed by atoms with Crippen molar-refractivity contribution < 1.29 is 4.79 Å². The molecule has 0 aliphatic carbocycles. The van der Waals surface area contributed by atoms with Crippen molar-refractivity contribution in [3.63, 3.8) is 0 Å². The average Bonchev–Trinajstić information content (AvgIpc) is 2.96. The number of allylic oxidation sites excluding steroid dienone is 1. The number of rotatable bonds is 7. The lowest BCUT2D eigenvalue weighted by Gasteiger charge is -2.11. The number of carbonyl (C=O) groups is 1. The van der Waals surface area contributed by atoms with Crippen LogP contribution in [0.3, 0.4) is 0 Å². The maximum absolute atomic E-state index is 12.9. The van der Waals surface area contributed by atoms with Crippen LogP contribution in [0, 0.1) is 13.8 Å². The second kappa shape index (κ2) is 8.37. The molecule has 146 valence electrons. The van der Waals surface area contributed by atoms with Gasteiger partial charge in [0.15, 0.2) is 10.9 Å². The lowest BCUT2D eigenvalue weighted by molar-refractivity contribution is 0.102. The average molecular weight is 416 g/mol. The number of aromatic nitrogens is 3. The SMILES string of the molecule is C=CCn1c(SCC(=O)c2cc(C)n(CC)c2C)nc2ccc(Cl)cc2c1=O. The zero-order valence-electron chi connectivity index (χ0n) is 16.2. The van der Waals surface area contributed by atoms with E-state index in [2.05, 4.69) is 23.1 Å². The van der Waals surface area contributed by atoms with Crippen molar-refractivity contribution in [2.75, 3.05) is 5.75 Å². The number of thioether (sulfide) groups is 1. The Morgan fingerprint density at radius 3 is 2.68 bits per heavy atom.